The third kappa shape index (κ3) is 3.96. The molecule has 1 rings (SSSR count). The first-order chi connectivity index (χ1) is 8.01. The van der Waals surface area contributed by atoms with E-state index in [0.717, 1.165) is 19.4 Å². The standard InChI is InChI=1S/C11H21NO4S/c1-3-12-9-6-5-7-10(9)17(14,15)8-11(13)16-4-2/h9-10,12H,3-8H2,1-2H3. The molecular formula is C11H21NO4S. The lowest BCUT2D eigenvalue weighted by atomic mass is 10.2. The molecular weight excluding hydrogens is 242 g/mol. The van der Waals surface area contributed by atoms with Gasteiger partial charge in [-0.3, -0.25) is 4.79 Å². The van der Waals surface area contributed by atoms with Crippen molar-refractivity contribution < 1.29 is 17.9 Å². The number of rotatable bonds is 6. The van der Waals surface area contributed by atoms with Gasteiger partial charge in [-0.05, 0) is 26.3 Å². The Bertz CT molecular complexity index is 352. The molecule has 0 aromatic heterocycles. The summed E-state index contributed by atoms with van der Waals surface area (Å²) in [6, 6.07) is -0.0144. The van der Waals surface area contributed by atoms with Crippen LogP contribution in [0.15, 0.2) is 0 Å². The fraction of sp³-hybridized carbons (Fsp3) is 0.909. The van der Waals surface area contributed by atoms with Crippen LogP contribution in [-0.2, 0) is 19.4 Å². The zero-order chi connectivity index (χ0) is 12.9. The fourth-order valence-corrected chi connectivity index (χ4v) is 4.21. The van der Waals surface area contributed by atoms with Gasteiger partial charge in [0.15, 0.2) is 9.84 Å². The Morgan fingerprint density at radius 3 is 2.65 bits per heavy atom. The molecule has 2 unspecified atom stereocenters. The van der Waals surface area contributed by atoms with Gasteiger partial charge in [-0.1, -0.05) is 13.3 Å². The molecule has 1 saturated carbocycles. The van der Waals surface area contributed by atoms with Crippen LogP contribution in [0.5, 0.6) is 0 Å². The molecule has 6 heteroatoms. The molecule has 1 N–H and O–H groups in total. The van der Waals surface area contributed by atoms with E-state index in [2.05, 4.69) is 5.32 Å². The Balaban J connectivity index is 2.65. The van der Waals surface area contributed by atoms with Gasteiger partial charge < -0.3 is 10.1 Å². The van der Waals surface area contributed by atoms with Crippen LogP contribution >= 0.6 is 0 Å². The van der Waals surface area contributed by atoms with E-state index in [1.807, 2.05) is 6.92 Å². The molecule has 17 heavy (non-hydrogen) atoms. The van der Waals surface area contributed by atoms with Crippen molar-refractivity contribution in [3.05, 3.63) is 0 Å². The van der Waals surface area contributed by atoms with E-state index in [1.165, 1.54) is 0 Å². The molecule has 100 valence electrons. The predicted molar refractivity (Wildman–Crippen MR) is 65.5 cm³/mol. The van der Waals surface area contributed by atoms with Crippen molar-refractivity contribution in [3.8, 4) is 0 Å². The Morgan fingerprint density at radius 1 is 1.35 bits per heavy atom. The molecule has 0 aliphatic heterocycles. The predicted octanol–water partition coefficient (Wildman–Crippen LogP) is 0.495. The molecule has 1 aliphatic carbocycles. The molecule has 0 saturated heterocycles. The van der Waals surface area contributed by atoms with E-state index in [4.69, 9.17) is 4.74 Å². The highest BCUT2D eigenvalue weighted by molar-refractivity contribution is 7.92. The van der Waals surface area contributed by atoms with Crippen LogP contribution in [-0.4, -0.2) is 44.6 Å². The van der Waals surface area contributed by atoms with Crippen LogP contribution in [0.2, 0.25) is 0 Å². The molecule has 0 aromatic rings. The van der Waals surface area contributed by atoms with E-state index < -0.39 is 26.8 Å². The van der Waals surface area contributed by atoms with Gasteiger partial charge in [0.25, 0.3) is 0 Å². The second-order valence-electron chi connectivity index (χ2n) is 4.25. The normalized spacial score (nSPS) is 24.8. The summed E-state index contributed by atoms with van der Waals surface area (Å²) in [7, 11) is -3.39. The van der Waals surface area contributed by atoms with Gasteiger partial charge >= 0.3 is 5.97 Å². The molecule has 0 amide bonds. The lowest BCUT2D eigenvalue weighted by molar-refractivity contribution is -0.139. The quantitative estimate of drug-likeness (QED) is 0.706. The first-order valence-electron chi connectivity index (χ1n) is 6.11. The van der Waals surface area contributed by atoms with Crippen molar-refractivity contribution in [2.75, 3.05) is 18.9 Å². The van der Waals surface area contributed by atoms with Crippen LogP contribution in [0.1, 0.15) is 33.1 Å². The number of hydrogen-bond acceptors (Lipinski definition) is 5. The highest BCUT2D eigenvalue weighted by Gasteiger charge is 2.38. The Hall–Kier alpha value is -0.620. The maximum Gasteiger partial charge on any atom is 0.321 e. The summed E-state index contributed by atoms with van der Waals surface area (Å²) in [5, 5.41) is 2.74. The molecule has 0 bridgehead atoms. The molecule has 0 aromatic carbocycles. The maximum atomic E-state index is 12.1. The lowest BCUT2D eigenvalue weighted by Gasteiger charge is -2.20. The van der Waals surface area contributed by atoms with E-state index in [-0.39, 0.29) is 12.6 Å². The molecule has 0 radical (unpaired) electrons. The lowest BCUT2D eigenvalue weighted by Crippen LogP contribution is -2.42. The monoisotopic (exact) mass is 263 g/mol. The van der Waals surface area contributed by atoms with Crippen molar-refractivity contribution in [2.45, 2.75) is 44.4 Å². The van der Waals surface area contributed by atoms with Crippen LogP contribution in [0.25, 0.3) is 0 Å². The van der Waals surface area contributed by atoms with Gasteiger partial charge in [-0.2, -0.15) is 0 Å². The van der Waals surface area contributed by atoms with Gasteiger partial charge in [0.2, 0.25) is 0 Å². The summed E-state index contributed by atoms with van der Waals surface area (Å²) in [5.74, 6) is -1.14. The zero-order valence-corrected chi connectivity index (χ0v) is 11.3. The SMILES string of the molecule is CCNC1CCCC1S(=O)(=O)CC(=O)OCC. The fourth-order valence-electron chi connectivity index (χ4n) is 2.33. The second kappa shape index (κ2) is 6.35. The van der Waals surface area contributed by atoms with Gasteiger partial charge in [0.1, 0.15) is 5.75 Å². The largest absolute Gasteiger partial charge is 0.465 e. The third-order valence-corrected chi connectivity index (χ3v) is 5.13. The van der Waals surface area contributed by atoms with Crippen molar-refractivity contribution in [1.29, 1.82) is 0 Å². The van der Waals surface area contributed by atoms with E-state index in [1.54, 1.807) is 6.92 Å². The summed E-state index contributed by atoms with van der Waals surface area (Å²) in [4.78, 5) is 11.3. The van der Waals surface area contributed by atoms with Crippen molar-refractivity contribution >= 4 is 15.8 Å². The third-order valence-electron chi connectivity index (χ3n) is 3.00. The van der Waals surface area contributed by atoms with Crippen LogP contribution < -0.4 is 5.32 Å². The highest BCUT2D eigenvalue weighted by atomic mass is 32.2. The number of nitrogens with one attached hydrogen (secondary N) is 1. The van der Waals surface area contributed by atoms with Gasteiger partial charge in [-0.25, -0.2) is 8.42 Å². The van der Waals surface area contributed by atoms with Crippen molar-refractivity contribution in [2.24, 2.45) is 0 Å². The minimum atomic E-state index is -3.39. The minimum absolute atomic E-state index is 0.0144. The highest BCUT2D eigenvalue weighted by Crippen LogP contribution is 2.26. The van der Waals surface area contributed by atoms with Crippen LogP contribution in [0, 0.1) is 0 Å². The van der Waals surface area contributed by atoms with Crippen molar-refractivity contribution in [3.63, 3.8) is 0 Å². The topological polar surface area (TPSA) is 72.5 Å². The molecule has 2 atom stereocenters. The number of carbonyl (C=O) groups excluding carboxylic acids is 1. The molecule has 1 fully saturated rings. The Kier molecular flexibility index (Phi) is 5.39. The number of esters is 1. The summed E-state index contributed by atoms with van der Waals surface area (Å²) < 4.78 is 28.8. The van der Waals surface area contributed by atoms with Gasteiger partial charge in [0, 0.05) is 6.04 Å². The Labute approximate surface area is 103 Å². The average molecular weight is 263 g/mol. The first kappa shape index (κ1) is 14.4. The summed E-state index contributed by atoms with van der Waals surface area (Å²) >= 11 is 0. The van der Waals surface area contributed by atoms with Gasteiger partial charge in [0.05, 0.1) is 11.9 Å². The van der Waals surface area contributed by atoms with E-state index in [0.29, 0.717) is 6.42 Å². The molecule has 1 aliphatic rings. The number of ether oxygens (including phenoxy) is 1. The van der Waals surface area contributed by atoms with Crippen molar-refractivity contribution in [1.82, 2.24) is 5.32 Å². The second-order valence-corrected chi connectivity index (χ2v) is 6.47. The zero-order valence-electron chi connectivity index (χ0n) is 10.4. The molecule has 0 spiro atoms. The van der Waals surface area contributed by atoms with Crippen LogP contribution in [0.4, 0.5) is 0 Å². The molecule has 0 heterocycles. The summed E-state index contributed by atoms with van der Waals surface area (Å²) in [6.45, 7) is 4.58. The summed E-state index contributed by atoms with van der Waals surface area (Å²) in [6.07, 6.45) is 2.39. The molecule has 5 nitrogen and oxygen atoms in total. The average Bonchev–Trinajstić information content (AvgIpc) is 2.66. The smallest absolute Gasteiger partial charge is 0.321 e. The van der Waals surface area contributed by atoms with Gasteiger partial charge in [-0.15, -0.1) is 0 Å². The van der Waals surface area contributed by atoms with E-state index >= 15 is 0 Å². The number of hydrogen-bond donors (Lipinski definition) is 1. The minimum Gasteiger partial charge on any atom is -0.465 e. The van der Waals surface area contributed by atoms with Crippen LogP contribution in [0.3, 0.4) is 0 Å². The van der Waals surface area contributed by atoms with E-state index in [9.17, 15) is 13.2 Å². The maximum absolute atomic E-state index is 12.1. The number of carbonyl (C=O) groups is 1. The summed E-state index contributed by atoms with van der Waals surface area (Å²) in [5.41, 5.74) is 0. The Morgan fingerprint density at radius 2 is 2.06 bits per heavy atom. The number of sulfone groups is 1. The first-order valence-corrected chi connectivity index (χ1v) is 7.83.